The van der Waals surface area contributed by atoms with Crippen LogP contribution in [0.25, 0.3) is 0 Å². The van der Waals surface area contributed by atoms with Gasteiger partial charge in [0, 0.05) is 18.4 Å². The highest BCUT2D eigenvalue weighted by molar-refractivity contribution is 4.92. The summed E-state index contributed by atoms with van der Waals surface area (Å²) in [6.07, 6.45) is 10.1. The Morgan fingerprint density at radius 2 is 2.14 bits per heavy atom. The van der Waals surface area contributed by atoms with Gasteiger partial charge < -0.3 is 0 Å². The van der Waals surface area contributed by atoms with Crippen molar-refractivity contribution in [2.24, 2.45) is 0 Å². The van der Waals surface area contributed by atoms with Crippen LogP contribution in [-0.4, -0.2) is 47.5 Å². The summed E-state index contributed by atoms with van der Waals surface area (Å²) in [5, 5.41) is 16.6. The topological polar surface area (TPSA) is 64.7 Å². The van der Waals surface area contributed by atoms with Crippen LogP contribution < -0.4 is 0 Å². The molecule has 1 saturated heterocycles. The van der Waals surface area contributed by atoms with E-state index in [0.29, 0.717) is 12.1 Å². The van der Waals surface area contributed by atoms with E-state index in [1.165, 1.54) is 32.1 Å². The van der Waals surface area contributed by atoms with Crippen LogP contribution in [-0.2, 0) is 13.1 Å². The molecule has 2 aliphatic rings. The number of tetrazole rings is 1. The number of hydrogen-bond donors (Lipinski definition) is 0. The lowest BCUT2D eigenvalue weighted by molar-refractivity contribution is 0.117. The molecular weight excluding hydrogens is 266 g/mol. The molecule has 0 bridgehead atoms. The quantitative estimate of drug-likeness (QED) is 0.828. The number of nitrogens with zero attached hydrogens (tertiary/aromatic N) is 7. The maximum atomic E-state index is 4.34. The van der Waals surface area contributed by atoms with E-state index in [1.807, 2.05) is 27.8 Å². The average Bonchev–Trinajstić information content (AvgIpc) is 3.02. The van der Waals surface area contributed by atoms with Crippen LogP contribution in [0.1, 0.15) is 44.0 Å². The van der Waals surface area contributed by atoms with Gasteiger partial charge in [0.15, 0.2) is 5.82 Å². The van der Waals surface area contributed by atoms with E-state index in [0.717, 1.165) is 25.5 Å². The van der Waals surface area contributed by atoms with Crippen LogP contribution in [0, 0.1) is 0 Å². The van der Waals surface area contributed by atoms with Crippen LogP contribution in [0.15, 0.2) is 18.5 Å². The fraction of sp³-hybridized carbons (Fsp3) is 0.714. The van der Waals surface area contributed by atoms with Crippen molar-refractivity contribution in [3.63, 3.8) is 0 Å². The summed E-state index contributed by atoms with van der Waals surface area (Å²) >= 11 is 0. The first-order valence-electron chi connectivity index (χ1n) is 7.88. The average molecular weight is 287 g/mol. The lowest BCUT2D eigenvalue weighted by atomic mass is 10.0. The Balaban J connectivity index is 1.47. The Bertz CT molecular complexity index is 572. The summed E-state index contributed by atoms with van der Waals surface area (Å²) in [7, 11) is 0. The molecular formula is C14H21N7. The van der Waals surface area contributed by atoms with Crippen molar-refractivity contribution in [3.8, 4) is 0 Å². The summed E-state index contributed by atoms with van der Waals surface area (Å²) in [4.78, 5) is 2.52. The van der Waals surface area contributed by atoms with Gasteiger partial charge in [-0.15, -0.1) is 5.10 Å². The number of piperidine rings is 1. The van der Waals surface area contributed by atoms with Gasteiger partial charge in [-0.2, -0.15) is 5.10 Å². The molecule has 0 amide bonds. The van der Waals surface area contributed by atoms with Gasteiger partial charge in [-0.05, 0) is 48.7 Å². The van der Waals surface area contributed by atoms with Gasteiger partial charge in [-0.3, -0.25) is 9.58 Å². The number of hydrogen-bond acceptors (Lipinski definition) is 5. The van der Waals surface area contributed by atoms with Crippen molar-refractivity contribution < 1.29 is 0 Å². The van der Waals surface area contributed by atoms with E-state index in [4.69, 9.17) is 0 Å². The SMILES string of the molecule is c1cnn(C[C@H]2CCCCN2Cc2nnnn2C2CC2)c1. The third kappa shape index (κ3) is 2.83. The Kier molecular flexibility index (Phi) is 3.42. The van der Waals surface area contributed by atoms with Crippen molar-refractivity contribution in [2.45, 2.75) is 57.3 Å². The van der Waals surface area contributed by atoms with Gasteiger partial charge in [0.1, 0.15) is 0 Å². The van der Waals surface area contributed by atoms with Gasteiger partial charge in [-0.25, -0.2) is 4.68 Å². The van der Waals surface area contributed by atoms with Crippen molar-refractivity contribution in [2.75, 3.05) is 6.54 Å². The summed E-state index contributed by atoms with van der Waals surface area (Å²) in [5.41, 5.74) is 0. The predicted molar refractivity (Wildman–Crippen MR) is 76.4 cm³/mol. The van der Waals surface area contributed by atoms with Crippen LogP contribution in [0.3, 0.4) is 0 Å². The second-order valence-corrected chi connectivity index (χ2v) is 6.12. The van der Waals surface area contributed by atoms with E-state index in [1.54, 1.807) is 0 Å². The minimum Gasteiger partial charge on any atom is -0.291 e. The molecule has 1 saturated carbocycles. The van der Waals surface area contributed by atoms with E-state index in [9.17, 15) is 0 Å². The van der Waals surface area contributed by atoms with Crippen molar-refractivity contribution >= 4 is 0 Å². The molecule has 0 radical (unpaired) electrons. The molecule has 112 valence electrons. The first kappa shape index (κ1) is 12.9. The Labute approximate surface area is 123 Å². The summed E-state index contributed by atoms with van der Waals surface area (Å²) in [6, 6.07) is 3.06. The molecule has 2 aromatic heterocycles. The van der Waals surface area contributed by atoms with Gasteiger partial charge in [0.25, 0.3) is 0 Å². The molecule has 1 aliphatic heterocycles. The fourth-order valence-corrected chi connectivity index (χ4v) is 3.20. The molecule has 4 rings (SSSR count). The largest absolute Gasteiger partial charge is 0.291 e. The van der Waals surface area contributed by atoms with Crippen LogP contribution in [0.5, 0.6) is 0 Å². The highest BCUT2D eigenvalue weighted by atomic mass is 15.6. The minimum absolute atomic E-state index is 0.531. The Morgan fingerprint density at radius 3 is 2.95 bits per heavy atom. The summed E-state index contributed by atoms with van der Waals surface area (Å²) in [6.45, 7) is 2.94. The predicted octanol–water partition coefficient (Wildman–Crippen LogP) is 1.26. The van der Waals surface area contributed by atoms with Crippen molar-refractivity contribution in [1.29, 1.82) is 0 Å². The normalized spacial score (nSPS) is 23.5. The standard InChI is InChI=1S/C14H21N7/c1-2-8-19(13(4-1)10-20-9-3-7-15-20)11-14-16-17-18-21(14)12-5-6-12/h3,7,9,12-13H,1-2,4-6,8,10-11H2/t13-/m1/s1. The highest BCUT2D eigenvalue weighted by Crippen LogP contribution is 2.34. The number of rotatable bonds is 5. The Morgan fingerprint density at radius 1 is 1.19 bits per heavy atom. The van der Waals surface area contributed by atoms with E-state index in [-0.39, 0.29) is 0 Å². The maximum absolute atomic E-state index is 4.34. The van der Waals surface area contributed by atoms with Gasteiger partial charge >= 0.3 is 0 Å². The molecule has 1 atom stereocenters. The van der Waals surface area contributed by atoms with Crippen molar-refractivity contribution in [1.82, 2.24) is 34.9 Å². The first-order chi connectivity index (χ1) is 10.4. The molecule has 7 heteroatoms. The lowest BCUT2D eigenvalue weighted by Crippen LogP contribution is -2.42. The van der Waals surface area contributed by atoms with Crippen LogP contribution in [0.2, 0.25) is 0 Å². The van der Waals surface area contributed by atoms with Crippen LogP contribution in [0.4, 0.5) is 0 Å². The van der Waals surface area contributed by atoms with Crippen LogP contribution >= 0.6 is 0 Å². The maximum Gasteiger partial charge on any atom is 0.165 e. The molecule has 21 heavy (non-hydrogen) atoms. The van der Waals surface area contributed by atoms with Gasteiger partial charge in [0.2, 0.25) is 0 Å². The molecule has 0 unspecified atom stereocenters. The highest BCUT2D eigenvalue weighted by Gasteiger charge is 2.30. The van der Waals surface area contributed by atoms with Gasteiger partial charge in [-0.1, -0.05) is 6.42 Å². The Hall–Kier alpha value is -1.76. The van der Waals surface area contributed by atoms with E-state index >= 15 is 0 Å². The third-order valence-corrected chi connectivity index (χ3v) is 4.50. The second kappa shape index (κ2) is 5.55. The molecule has 0 N–H and O–H groups in total. The first-order valence-corrected chi connectivity index (χ1v) is 7.88. The smallest absolute Gasteiger partial charge is 0.165 e. The monoisotopic (exact) mass is 287 g/mol. The number of likely N-dealkylation sites (tertiary alicyclic amines) is 1. The zero-order chi connectivity index (χ0) is 14.1. The molecule has 7 nitrogen and oxygen atoms in total. The lowest BCUT2D eigenvalue weighted by Gasteiger charge is -2.35. The minimum atomic E-state index is 0.531. The number of aromatic nitrogens is 6. The molecule has 3 heterocycles. The van der Waals surface area contributed by atoms with E-state index in [2.05, 4.69) is 25.5 Å². The molecule has 0 spiro atoms. The molecule has 2 aromatic rings. The summed E-state index contributed by atoms with van der Waals surface area (Å²) < 4.78 is 4.06. The third-order valence-electron chi connectivity index (χ3n) is 4.50. The molecule has 0 aromatic carbocycles. The summed E-state index contributed by atoms with van der Waals surface area (Å²) in [5.74, 6) is 1.02. The second-order valence-electron chi connectivity index (χ2n) is 6.12. The zero-order valence-electron chi connectivity index (χ0n) is 12.2. The molecule has 1 aliphatic carbocycles. The molecule has 2 fully saturated rings. The van der Waals surface area contributed by atoms with E-state index < -0.39 is 0 Å². The van der Waals surface area contributed by atoms with Gasteiger partial charge in [0.05, 0.1) is 19.1 Å². The van der Waals surface area contributed by atoms with Crippen molar-refractivity contribution in [3.05, 3.63) is 24.3 Å². The zero-order valence-corrected chi connectivity index (χ0v) is 12.2. The fourth-order valence-electron chi connectivity index (χ4n) is 3.20.